The Morgan fingerprint density at radius 3 is 2.89 bits per heavy atom. The number of furan rings is 1. The summed E-state index contributed by atoms with van der Waals surface area (Å²) in [5.74, 6) is 2.42. The Bertz CT molecular complexity index is 1170. The summed E-state index contributed by atoms with van der Waals surface area (Å²) < 4.78 is 9.22. The molecule has 0 fully saturated rings. The van der Waals surface area contributed by atoms with Crippen molar-refractivity contribution in [3.05, 3.63) is 65.5 Å². The zero-order chi connectivity index (χ0) is 19.5. The molecule has 144 valence electrons. The van der Waals surface area contributed by atoms with E-state index in [4.69, 9.17) is 4.42 Å². The first-order valence-electron chi connectivity index (χ1n) is 9.08. The maximum atomic E-state index is 12.2. The minimum Gasteiger partial charge on any atom is -0.469 e. The van der Waals surface area contributed by atoms with Gasteiger partial charge in [-0.1, -0.05) is 30.0 Å². The second kappa shape index (κ2) is 7.93. The van der Waals surface area contributed by atoms with Crippen LogP contribution in [-0.4, -0.2) is 30.1 Å². The first-order valence-corrected chi connectivity index (χ1v) is 10.1. The molecule has 28 heavy (non-hydrogen) atoms. The second-order valence-electron chi connectivity index (χ2n) is 6.40. The van der Waals surface area contributed by atoms with Gasteiger partial charge in [0, 0.05) is 18.8 Å². The fourth-order valence-corrected chi connectivity index (χ4v) is 4.09. The molecule has 0 aliphatic carbocycles. The number of benzene rings is 1. The van der Waals surface area contributed by atoms with E-state index in [1.54, 1.807) is 22.6 Å². The van der Waals surface area contributed by atoms with E-state index < -0.39 is 0 Å². The van der Waals surface area contributed by atoms with Gasteiger partial charge in [-0.25, -0.2) is 4.79 Å². The van der Waals surface area contributed by atoms with Crippen LogP contribution in [0.3, 0.4) is 0 Å². The third kappa shape index (κ3) is 3.43. The normalized spacial score (nSPS) is 11.3. The minimum absolute atomic E-state index is 0.0706. The summed E-state index contributed by atoms with van der Waals surface area (Å²) in [6.07, 6.45) is 4.33. The Morgan fingerprint density at radius 2 is 2.11 bits per heavy atom. The molecule has 0 saturated carbocycles. The number of allylic oxidation sites excluding steroid dienone is 1. The molecule has 4 aromatic rings. The van der Waals surface area contributed by atoms with E-state index in [1.807, 2.05) is 47.9 Å². The van der Waals surface area contributed by atoms with Crippen molar-refractivity contribution in [2.75, 3.05) is 5.75 Å². The third-order valence-electron chi connectivity index (χ3n) is 4.57. The smallest absolute Gasteiger partial charge is 0.326 e. The average Bonchev–Trinajstić information content (AvgIpc) is 3.37. The molecule has 1 N–H and O–H groups in total. The molecule has 3 heterocycles. The van der Waals surface area contributed by atoms with Crippen LogP contribution in [0.1, 0.15) is 12.2 Å². The van der Waals surface area contributed by atoms with Crippen molar-refractivity contribution in [3.63, 3.8) is 0 Å². The van der Waals surface area contributed by atoms with Crippen molar-refractivity contribution in [1.82, 2.24) is 24.3 Å². The maximum absolute atomic E-state index is 12.2. The monoisotopic (exact) mass is 395 g/mol. The van der Waals surface area contributed by atoms with Crippen molar-refractivity contribution < 1.29 is 4.42 Å². The number of imidazole rings is 1. The number of hydrogen-bond acceptors (Lipinski definition) is 5. The lowest BCUT2D eigenvalue weighted by Crippen LogP contribution is -2.17. The van der Waals surface area contributed by atoms with Crippen molar-refractivity contribution in [1.29, 1.82) is 0 Å². The van der Waals surface area contributed by atoms with Gasteiger partial charge in [0.25, 0.3) is 0 Å². The molecule has 0 unspecified atom stereocenters. The Kier molecular flexibility index (Phi) is 5.21. The zero-order valence-electron chi connectivity index (χ0n) is 15.6. The minimum atomic E-state index is -0.0706. The standard InChI is InChI=1S/C20H21N5O2S/c1-3-10-25-18(15-9-12-27-14(15)2)22-23-20(25)28-13-6-11-24-17-8-5-4-7-16(17)21-19(24)26/h3-5,7-9,12H,1,6,10-11,13H2,2H3,(H,21,26). The molecular weight excluding hydrogens is 374 g/mol. The molecular formula is C20H21N5O2S. The number of aromatic nitrogens is 5. The SMILES string of the molecule is C=CCn1c(SCCCn2c(=O)[nH]c3ccccc32)nnc1-c1ccoc1C. The molecule has 7 nitrogen and oxygen atoms in total. The number of H-pyrrole nitrogens is 1. The number of aryl methyl sites for hydroxylation is 2. The summed E-state index contributed by atoms with van der Waals surface area (Å²) >= 11 is 1.63. The predicted molar refractivity (Wildman–Crippen MR) is 111 cm³/mol. The highest BCUT2D eigenvalue weighted by molar-refractivity contribution is 7.99. The summed E-state index contributed by atoms with van der Waals surface area (Å²) in [6.45, 7) is 7.02. The van der Waals surface area contributed by atoms with Gasteiger partial charge < -0.3 is 9.40 Å². The van der Waals surface area contributed by atoms with E-state index in [2.05, 4.69) is 21.8 Å². The Balaban J connectivity index is 1.46. The number of aromatic amines is 1. The summed E-state index contributed by atoms with van der Waals surface area (Å²) in [4.78, 5) is 15.1. The number of thioether (sulfide) groups is 1. The molecule has 0 radical (unpaired) electrons. The van der Waals surface area contributed by atoms with E-state index in [0.29, 0.717) is 13.1 Å². The lowest BCUT2D eigenvalue weighted by Gasteiger charge is -2.07. The van der Waals surface area contributed by atoms with Crippen LogP contribution in [0.25, 0.3) is 22.4 Å². The topological polar surface area (TPSA) is 81.6 Å². The van der Waals surface area contributed by atoms with Crippen LogP contribution in [0.2, 0.25) is 0 Å². The second-order valence-corrected chi connectivity index (χ2v) is 7.46. The highest BCUT2D eigenvalue weighted by Gasteiger charge is 2.16. The van der Waals surface area contributed by atoms with Crippen LogP contribution in [-0.2, 0) is 13.1 Å². The first kappa shape index (κ1) is 18.4. The van der Waals surface area contributed by atoms with Crippen LogP contribution in [0, 0.1) is 6.92 Å². The fourth-order valence-electron chi connectivity index (χ4n) is 3.22. The zero-order valence-corrected chi connectivity index (χ0v) is 16.4. The molecule has 0 amide bonds. The summed E-state index contributed by atoms with van der Waals surface area (Å²) in [6, 6.07) is 9.64. The van der Waals surface area contributed by atoms with Gasteiger partial charge in [0.05, 0.1) is 22.9 Å². The summed E-state index contributed by atoms with van der Waals surface area (Å²) in [5.41, 5.74) is 2.67. The fraction of sp³-hybridized carbons (Fsp3) is 0.250. The van der Waals surface area contributed by atoms with Gasteiger partial charge in [0.1, 0.15) is 5.76 Å². The largest absolute Gasteiger partial charge is 0.469 e. The highest BCUT2D eigenvalue weighted by atomic mass is 32.2. The van der Waals surface area contributed by atoms with E-state index >= 15 is 0 Å². The van der Waals surface area contributed by atoms with Gasteiger partial charge in [0.15, 0.2) is 11.0 Å². The van der Waals surface area contributed by atoms with Crippen molar-refractivity contribution in [3.8, 4) is 11.4 Å². The first-order chi connectivity index (χ1) is 13.7. The molecule has 0 spiro atoms. The summed E-state index contributed by atoms with van der Waals surface area (Å²) in [7, 11) is 0. The van der Waals surface area contributed by atoms with Crippen molar-refractivity contribution in [2.45, 2.75) is 31.6 Å². The Labute approximate surface area is 166 Å². The summed E-state index contributed by atoms with van der Waals surface area (Å²) in [5, 5.41) is 9.53. The number of hydrogen-bond donors (Lipinski definition) is 1. The number of rotatable bonds is 8. The lowest BCUT2D eigenvalue weighted by molar-refractivity contribution is 0.534. The van der Waals surface area contributed by atoms with Crippen LogP contribution < -0.4 is 5.69 Å². The Morgan fingerprint density at radius 1 is 1.25 bits per heavy atom. The van der Waals surface area contributed by atoms with Crippen LogP contribution >= 0.6 is 11.8 Å². The van der Waals surface area contributed by atoms with Gasteiger partial charge in [-0.2, -0.15) is 0 Å². The maximum Gasteiger partial charge on any atom is 0.326 e. The molecule has 0 aliphatic heterocycles. The molecule has 3 aromatic heterocycles. The quantitative estimate of drug-likeness (QED) is 0.278. The van der Waals surface area contributed by atoms with Crippen molar-refractivity contribution >= 4 is 22.8 Å². The predicted octanol–water partition coefficient (Wildman–Crippen LogP) is 3.86. The van der Waals surface area contributed by atoms with Crippen molar-refractivity contribution in [2.24, 2.45) is 0 Å². The van der Waals surface area contributed by atoms with Crippen LogP contribution in [0.15, 0.2) is 63.6 Å². The lowest BCUT2D eigenvalue weighted by atomic mass is 10.2. The van der Waals surface area contributed by atoms with Crippen LogP contribution in [0.5, 0.6) is 0 Å². The van der Waals surface area contributed by atoms with Gasteiger partial charge in [-0.15, -0.1) is 16.8 Å². The highest BCUT2D eigenvalue weighted by Crippen LogP contribution is 2.27. The number of nitrogens with zero attached hydrogens (tertiary/aromatic N) is 4. The number of para-hydroxylation sites is 2. The molecule has 4 rings (SSSR count). The van der Waals surface area contributed by atoms with E-state index in [-0.39, 0.29) is 5.69 Å². The molecule has 0 atom stereocenters. The number of nitrogens with one attached hydrogen (secondary N) is 1. The Hall–Kier alpha value is -3.00. The molecule has 1 aromatic carbocycles. The molecule has 8 heteroatoms. The molecule has 0 saturated heterocycles. The van der Waals surface area contributed by atoms with Crippen LogP contribution in [0.4, 0.5) is 0 Å². The van der Waals surface area contributed by atoms with Gasteiger partial charge in [-0.05, 0) is 31.5 Å². The average molecular weight is 395 g/mol. The van der Waals surface area contributed by atoms with Gasteiger partial charge in [0.2, 0.25) is 0 Å². The van der Waals surface area contributed by atoms with E-state index in [1.165, 1.54) is 0 Å². The third-order valence-corrected chi connectivity index (χ3v) is 5.62. The van der Waals surface area contributed by atoms with Gasteiger partial charge in [-0.3, -0.25) is 9.13 Å². The molecule has 0 aliphatic rings. The molecule has 0 bridgehead atoms. The van der Waals surface area contributed by atoms with E-state index in [9.17, 15) is 4.79 Å². The van der Waals surface area contributed by atoms with Gasteiger partial charge >= 0.3 is 5.69 Å². The number of fused-ring (bicyclic) bond motifs is 1. The van der Waals surface area contributed by atoms with E-state index in [0.717, 1.165) is 45.5 Å².